The number of nitrogens with zero attached hydrogens (tertiary/aromatic N) is 4. The molecule has 23 heavy (non-hydrogen) atoms. The summed E-state index contributed by atoms with van der Waals surface area (Å²) in [6, 6.07) is 7.13. The fraction of sp³-hybridized carbons (Fsp3) is 0.529. The molecule has 2 fully saturated rings. The van der Waals surface area contributed by atoms with Crippen LogP contribution in [-0.4, -0.2) is 45.0 Å². The molecule has 122 valence electrons. The van der Waals surface area contributed by atoms with Crippen LogP contribution in [0.15, 0.2) is 36.9 Å². The summed E-state index contributed by atoms with van der Waals surface area (Å²) < 4.78 is 21.3. The lowest BCUT2D eigenvalue weighted by molar-refractivity contribution is -0.0534. The number of hydrogen-bond acceptors (Lipinski definition) is 4. The minimum atomic E-state index is -0.181. The summed E-state index contributed by atoms with van der Waals surface area (Å²) in [6.45, 7) is 3.58. The second-order valence-electron chi connectivity index (χ2n) is 6.70. The molecule has 0 saturated carbocycles. The Balaban J connectivity index is 1.42. The minimum Gasteiger partial charge on any atom is -0.371 e. The van der Waals surface area contributed by atoms with Crippen LogP contribution in [0.1, 0.15) is 30.9 Å². The fourth-order valence-electron chi connectivity index (χ4n) is 3.87. The molecular weight excluding hydrogens is 295 g/mol. The molecule has 4 rings (SSSR count). The standard InChI is InChI=1S/C17H21FN4O/c18-15-4-2-14(3-5-15)9-21-7-1-6-17(11-21)8-16(10-23-17)22-12-19-20-13-22/h2-5,12-13,16H,1,6-11H2. The van der Waals surface area contributed by atoms with Crippen molar-refractivity contribution < 1.29 is 9.13 Å². The van der Waals surface area contributed by atoms with Gasteiger partial charge in [-0.05, 0) is 37.1 Å². The zero-order valence-corrected chi connectivity index (χ0v) is 13.1. The van der Waals surface area contributed by atoms with E-state index in [9.17, 15) is 4.39 Å². The van der Waals surface area contributed by atoms with E-state index >= 15 is 0 Å². The molecule has 2 aliphatic rings. The quantitative estimate of drug-likeness (QED) is 0.872. The van der Waals surface area contributed by atoms with Crippen LogP contribution in [0.2, 0.25) is 0 Å². The van der Waals surface area contributed by atoms with Crippen LogP contribution in [0.3, 0.4) is 0 Å². The second kappa shape index (κ2) is 6.02. The minimum absolute atomic E-state index is 0.0623. The number of ether oxygens (including phenoxy) is 1. The summed E-state index contributed by atoms with van der Waals surface area (Å²) in [5, 5.41) is 7.79. The maximum absolute atomic E-state index is 13.0. The summed E-state index contributed by atoms with van der Waals surface area (Å²) in [7, 11) is 0. The van der Waals surface area contributed by atoms with Crippen molar-refractivity contribution >= 4 is 0 Å². The highest BCUT2D eigenvalue weighted by atomic mass is 19.1. The predicted molar refractivity (Wildman–Crippen MR) is 83.3 cm³/mol. The lowest BCUT2D eigenvalue weighted by atomic mass is 9.88. The van der Waals surface area contributed by atoms with Gasteiger partial charge < -0.3 is 9.30 Å². The van der Waals surface area contributed by atoms with E-state index in [1.165, 1.54) is 12.1 Å². The van der Waals surface area contributed by atoms with Crippen LogP contribution >= 0.6 is 0 Å². The van der Waals surface area contributed by atoms with Gasteiger partial charge in [0, 0.05) is 19.5 Å². The zero-order valence-electron chi connectivity index (χ0n) is 13.1. The first-order valence-electron chi connectivity index (χ1n) is 8.17. The molecule has 6 heteroatoms. The van der Waals surface area contributed by atoms with Crippen LogP contribution in [-0.2, 0) is 11.3 Å². The van der Waals surface area contributed by atoms with Gasteiger partial charge in [0.25, 0.3) is 0 Å². The van der Waals surface area contributed by atoms with Gasteiger partial charge in [-0.15, -0.1) is 10.2 Å². The topological polar surface area (TPSA) is 43.2 Å². The Kier molecular flexibility index (Phi) is 3.87. The van der Waals surface area contributed by atoms with Crippen molar-refractivity contribution in [3.8, 4) is 0 Å². The molecule has 0 amide bonds. The third-order valence-corrected chi connectivity index (χ3v) is 4.99. The van der Waals surface area contributed by atoms with E-state index in [0.29, 0.717) is 6.04 Å². The van der Waals surface area contributed by atoms with Crippen LogP contribution in [0.5, 0.6) is 0 Å². The lowest BCUT2D eigenvalue weighted by Gasteiger charge is -2.39. The Morgan fingerprint density at radius 2 is 2.00 bits per heavy atom. The summed E-state index contributed by atoms with van der Waals surface area (Å²) in [6.07, 6.45) is 6.78. The monoisotopic (exact) mass is 316 g/mol. The number of halogens is 1. The maximum Gasteiger partial charge on any atom is 0.123 e. The number of benzene rings is 1. The van der Waals surface area contributed by atoms with Gasteiger partial charge in [0.2, 0.25) is 0 Å². The van der Waals surface area contributed by atoms with E-state index in [4.69, 9.17) is 4.74 Å². The van der Waals surface area contributed by atoms with E-state index in [1.807, 2.05) is 16.7 Å². The van der Waals surface area contributed by atoms with Crippen LogP contribution in [0.4, 0.5) is 4.39 Å². The molecule has 1 spiro atoms. The van der Waals surface area contributed by atoms with Gasteiger partial charge in [0.05, 0.1) is 18.2 Å². The first kappa shape index (κ1) is 14.8. The molecule has 0 aliphatic carbocycles. The average Bonchev–Trinajstić information content (AvgIpc) is 3.20. The highest BCUT2D eigenvalue weighted by molar-refractivity contribution is 5.16. The molecule has 2 aromatic rings. The summed E-state index contributed by atoms with van der Waals surface area (Å²) >= 11 is 0. The molecule has 5 nitrogen and oxygen atoms in total. The van der Waals surface area contributed by atoms with Gasteiger partial charge in [-0.2, -0.15) is 0 Å². The molecule has 2 aliphatic heterocycles. The van der Waals surface area contributed by atoms with Crippen molar-refractivity contribution in [2.75, 3.05) is 19.7 Å². The highest BCUT2D eigenvalue weighted by Gasteiger charge is 2.43. The van der Waals surface area contributed by atoms with Crippen molar-refractivity contribution in [1.29, 1.82) is 0 Å². The van der Waals surface area contributed by atoms with Gasteiger partial charge >= 0.3 is 0 Å². The molecule has 2 unspecified atom stereocenters. The molecule has 1 aromatic carbocycles. The SMILES string of the molecule is Fc1ccc(CN2CCCC3(CC(n4cnnc4)CO3)C2)cc1. The van der Waals surface area contributed by atoms with E-state index in [0.717, 1.165) is 51.1 Å². The van der Waals surface area contributed by atoms with Gasteiger partial charge in [0.1, 0.15) is 18.5 Å². The van der Waals surface area contributed by atoms with Gasteiger partial charge in [-0.3, -0.25) is 4.90 Å². The van der Waals surface area contributed by atoms with E-state index in [2.05, 4.69) is 15.1 Å². The number of piperidine rings is 1. The Hall–Kier alpha value is -1.79. The average molecular weight is 316 g/mol. The smallest absolute Gasteiger partial charge is 0.123 e. The Labute approximate surface area is 135 Å². The summed E-state index contributed by atoms with van der Waals surface area (Å²) in [4.78, 5) is 2.42. The zero-order chi connectivity index (χ0) is 15.7. The fourth-order valence-corrected chi connectivity index (χ4v) is 3.87. The number of hydrogen-bond donors (Lipinski definition) is 0. The van der Waals surface area contributed by atoms with E-state index in [-0.39, 0.29) is 11.4 Å². The first-order valence-corrected chi connectivity index (χ1v) is 8.17. The van der Waals surface area contributed by atoms with Crippen LogP contribution in [0, 0.1) is 5.82 Å². The van der Waals surface area contributed by atoms with E-state index in [1.54, 1.807) is 12.7 Å². The summed E-state index contributed by atoms with van der Waals surface area (Å²) in [5.41, 5.74) is 1.09. The van der Waals surface area contributed by atoms with E-state index < -0.39 is 0 Å². The van der Waals surface area contributed by atoms with Gasteiger partial charge in [0.15, 0.2) is 0 Å². The largest absolute Gasteiger partial charge is 0.371 e. The number of rotatable bonds is 3. The molecule has 2 atom stereocenters. The maximum atomic E-state index is 13.0. The lowest BCUT2D eigenvalue weighted by Crippen LogP contribution is -2.47. The molecular formula is C17H21FN4O. The molecule has 2 saturated heterocycles. The number of likely N-dealkylation sites (tertiary alicyclic amines) is 1. The predicted octanol–water partition coefficient (Wildman–Crippen LogP) is 2.41. The van der Waals surface area contributed by atoms with Crippen molar-refractivity contribution in [2.24, 2.45) is 0 Å². The Bertz CT molecular complexity index is 645. The van der Waals surface area contributed by atoms with Crippen molar-refractivity contribution in [2.45, 2.75) is 37.5 Å². The van der Waals surface area contributed by atoms with Gasteiger partial charge in [-0.25, -0.2) is 4.39 Å². The third-order valence-electron chi connectivity index (χ3n) is 4.99. The first-order chi connectivity index (χ1) is 11.2. The Morgan fingerprint density at radius 3 is 2.78 bits per heavy atom. The molecule has 0 bridgehead atoms. The molecule has 0 radical (unpaired) electrons. The second-order valence-corrected chi connectivity index (χ2v) is 6.70. The molecule has 1 aromatic heterocycles. The Morgan fingerprint density at radius 1 is 1.22 bits per heavy atom. The normalized spacial score (nSPS) is 28.5. The summed E-state index contributed by atoms with van der Waals surface area (Å²) in [5.74, 6) is -0.181. The van der Waals surface area contributed by atoms with Gasteiger partial charge in [-0.1, -0.05) is 12.1 Å². The molecule has 3 heterocycles. The number of aromatic nitrogens is 3. The van der Waals surface area contributed by atoms with Crippen LogP contribution in [0.25, 0.3) is 0 Å². The third kappa shape index (κ3) is 3.14. The van der Waals surface area contributed by atoms with Crippen LogP contribution < -0.4 is 0 Å². The van der Waals surface area contributed by atoms with Crippen molar-refractivity contribution in [3.05, 3.63) is 48.3 Å². The highest BCUT2D eigenvalue weighted by Crippen LogP contribution is 2.39. The van der Waals surface area contributed by atoms with Crippen molar-refractivity contribution in [3.63, 3.8) is 0 Å². The van der Waals surface area contributed by atoms with Crippen molar-refractivity contribution in [1.82, 2.24) is 19.7 Å². The molecule has 0 N–H and O–H groups in total.